The van der Waals surface area contributed by atoms with Crippen molar-refractivity contribution in [1.29, 1.82) is 0 Å². The standard InChI is InChI=1S/C25H15F3N2O4S/c26-25(27,28)15-8-10-16(11-9-15)35-21-19(31)18-20(34-24(21)33)17-7-4-12-29-22(17)30(23(18)32)13-14-5-2-1-3-6-14/h1-12,31H,13H2. The largest absolute Gasteiger partial charge is 0.505 e. The molecule has 5 rings (SSSR count). The second-order valence-electron chi connectivity index (χ2n) is 7.65. The topological polar surface area (TPSA) is 85.3 Å². The minimum Gasteiger partial charge on any atom is -0.505 e. The fourth-order valence-electron chi connectivity index (χ4n) is 3.75. The van der Waals surface area contributed by atoms with Crippen LogP contribution in [0.25, 0.3) is 22.0 Å². The normalized spacial score (nSPS) is 11.9. The average Bonchev–Trinajstić information content (AvgIpc) is 2.84. The number of hydrogen-bond donors (Lipinski definition) is 1. The summed E-state index contributed by atoms with van der Waals surface area (Å²) in [6.45, 7) is 0.156. The molecule has 0 saturated carbocycles. The van der Waals surface area contributed by atoms with Crippen LogP contribution >= 0.6 is 11.8 Å². The smallest absolute Gasteiger partial charge is 0.416 e. The number of hydrogen-bond acceptors (Lipinski definition) is 6. The van der Waals surface area contributed by atoms with Crippen molar-refractivity contribution in [3.8, 4) is 5.75 Å². The number of pyridine rings is 2. The van der Waals surface area contributed by atoms with Gasteiger partial charge in [-0.1, -0.05) is 42.1 Å². The van der Waals surface area contributed by atoms with E-state index < -0.39 is 28.7 Å². The van der Waals surface area contributed by atoms with Gasteiger partial charge in [-0.3, -0.25) is 9.36 Å². The van der Waals surface area contributed by atoms with E-state index in [0.717, 1.165) is 17.7 Å². The Hall–Kier alpha value is -4.05. The lowest BCUT2D eigenvalue weighted by atomic mass is 10.1. The van der Waals surface area contributed by atoms with Crippen LogP contribution in [-0.2, 0) is 12.7 Å². The highest BCUT2D eigenvalue weighted by atomic mass is 32.2. The van der Waals surface area contributed by atoms with Gasteiger partial charge in [-0.15, -0.1) is 0 Å². The summed E-state index contributed by atoms with van der Waals surface area (Å²) in [5, 5.41) is 11.2. The van der Waals surface area contributed by atoms with E-state index in [4.69, 9.17) is 4.42 Å². The van der Waals surface area contributed by atoms with Crippen LogP contribution in [0.2, 0.25) is 0 Å². The number of alkyl halides is 3. The van der Waals surface area contributed by atoms with Crippen LogP contribution in [0, 0.1) is 0 Å². The van der Waals surface area contributed by atoms with Crippen molar-refractivity contribution in [3.63, 3.8) is 0 Å². The van der Waals surface area contributed by atoms with E-state index in [1.807, 2.05) is 30.3 Å². The number of halogens is 3. The van der Waals surface area contributed by atoms with Gasteiger partial charge in [-0.05, 0) is 42.0 Å². The molecule has 0 saturated heterocycles. The molecule has 0 aliphatic heterocycles. The summed E-state index contributed by atoms with van der Waals surface area (Å²) < 4.78 is 45.4. The second-order valence-corrected chi connectivity index (χ2v) is 8.73. The molecule has 0 bridgehead atoms. The quantitative estimate of drug-likeness (QED) is 0.334. The molecule has 3 heterocycles. The average molecular weight is 496 g/mol. The predicted octanol–water partition coefficient (Wildman–Crippen LogP) is 5.43. The Bertz CT molecular complexity index is 1680. The van der Waals surface area contributed by atoms with Gasteiger partial charge >= 0.3 is 11.8 Å². The molecule has 10 heteroatoms. The molecule has 176 valence electrons. The zero-order valence-corrected chi connectivity index (χ0v) is 18.6. The van der Waals surface area contributed by atoms with Crippen LogP contribution in [0.5, 0.6) is 5.75 Å². The van der Waals surface area contributed by atoms with Crippen molar-refractivity contribution in [3.05, 3.63) is 105 Å². The maximum absolute atomic E-state index is 13.5. The monoisotopic (exact) mass is 496 g/mol. The summed E-state index contributed by atoms with van der Waals surface area (Å²) in [7, 11) is 0. The van der Waals surface area contributed by atoms with E-state index in [1.54, 1.807) is 12.1 Å². The molecule has 35 heavy (non-hydrogen) atoms. The Balaban J connectivity index is 1.70. The van der Waals surface area contributed by atoms with Crippen molar-refractivity contribution in [1.82, 2.24) is 9.55 Å². The van der Waals surface area contributed by atoms with Crippen molar-refractivity contribution in [2.45, 2.75) is 22.5 Å². The van der Waals surface area contributed by atoms with E-state index in [0.29, 0.717) is 17.1 Å². The predicted molar refractivity (Wildman–Crippen MR) is 125 cm³/mol. The molecule has 0 unspecified atom stereocenters. The fraction of sp³-hybridized carbons (Fsp3) is 0.0800. The number of nitrogens with zero attached hydrogens (tertiary/aromatic N) is 2. The van der Waals surface area contributed by atoms with Crippen LogP contribution in [0.1, 0.15) is 11.1 Å². The highest BCUT2D eigenvalue weighted by molar-refractivity contribution is 7.99. The number of rotatable bonds is 4. The van der Waals surface area contributed by atoms with Crippen molar-refractivity contribution < 1.29 is 22.7 Å². The molecule has 0 atom stereocenters. The summed E-state index contributed by atoms with van der Waals surface area (Å²) in [5.74, 6) is -0.598. The van der Waals surface area contributed by atoms with Gasteiger partial charge < -0.3 is 9.52 Å². The number of aromatic hydroxyl groups is 1. The molecule has 5 aromatic rings. The molecule has 1 N–H and O–H groups in total. The Morgan fingerprint density at radius 2 is 1.69 bits per heavy atom. The van der Waals surface area contributed by atoms with E-state index in [2.05, 4.69) is 4.98 Å². The lowest BCUT2D eigenvalue weighted by Gasteiger charge is -2.13. The van der Waals surface area contributed by atoms with Crippen LogP contribution < -0.4 is 11.2 Å². The van der Waals surface area contributed by atoms with Gasteiger partial charge in [0.15, 0.2) is 11.3 Å². The van der Waals surface area contributed by atoms with Gasteiger partial charge in [-0.25, -0.2) is 9.78 Å². The Morgan fingerprint density at radius 1 is 0.971 bits per heavy atom. The fourth-order valence-corrected chi connectivity index (χ4v) is 4.58. The summed E-state index contributed by atoms with van der Waals surface area (Å²) >= 11 is 0.712. The summed E-state index contributed by atoms with van der Waals surface area (Å²) in [4.78, 5) is 30.5. The Morgan fingerprint density at radius 3 is 2.37 bits per heavy atom. The second kappa shape index (κ2) is 8.62. The third-order valence-corrected chi connectivity index (χ3v) is 6.46. The first-order valence-corrected chi connectivity index (χ1v) is 11.1. The molecule has 2 aromatic carbocycles. The number of fused-ring (bicyclic) bond motifs is 3. The lowest BCUT2D eigenvalue weighted by molar-refractivity contribution is -0.137. The zero-order chi connectivity index (χ0) is 24.7. The highest BCUT2D eigenvalue weighted by Gasteiger charge is 2.30. The van der Waals surface area contributed by atoms with Crippen molar-refractivity contribution in [2.75, 3.05) is 0 Å². The number of aromatic nitrogens is 2. The molecule has 0 aliphatic carbocycles. The summed E-state index contributed by atoms with van der Waals surface area (Å²) in [5.41, 5.74) is -1.41. The van der Waals surface area contributed by atoms with Gasteiger partial charge in [0.25, 0.3) is 5.56 Å². The molecule has 0 spiro atoms. The molecule has 0 amide bonds. The first-order valence-electron chi connectivity index (χ1n) is 10.3. The van der Waals surface area contributed by atoms with Crippen LogP contribution in [0.15, 0.2) is 96.7 Å². The molecule has 0 fully saturated rings. The molecule has 0 aliphatic rings. The van der Waals surface area contributed by atoms with Gasteiger partial charge in [-0.2, -0.15) is 13.2 Å². The maximum atomic E-state index is 13.5. The first kappa shape index (κ1) is 22.7. The molecular formula is C25H15F3N2O4S. The highest BCUT2D eigenvalue weighted by Crippen LogP contribution is 2.38. The van der Waals surface area contributed by atoms with Crippen LogP contribution in [0.4, 0.5) is 13.2 Å². The maximum Gasteiger partial charge on any atom is 0.416 e. The van der Waals surface area contributed by atoms with Gasteiger partial charge in [0, 0.05) is 11.1 Å². The third kappa shape index (κ3) is 4.17. The number of benzene rings is 2. The Kier molecular flexibility index (Phi) is 5.60. The molecule has 0 radical (unpaired) electrons. The minimum absolute atomic E-state index is 0.110. The first-order chi connectivity index (χ1) is 16.7. The molecular weight excluding hydrogens is 481 g/mol. The van der Waals surface area contributed by atoms with Crippen molar-refractivity contribution >= 4 is 33.8 Å². The van der Waals surface area contributed by atoms with E-state index in [1.165, 1.54) is 22.9 Å². The lowest BCUT2D eigenvalue weighted by Crippen LogP contribution is -2.23. The zero-order valence-electron chi connectivity index (χ0n) is 17.7. The van der Waals surface area contributed by atoms with E-state index in [9.17, 15) is 27.9 Å². The van der Waals surface area contributed by atoms with Gasteiger partial charge in [0.1, 0.15) is 15.9 Å². The van der Waals surface area contributed by atoms with E-state index in [-0.39, 0.29) is 33.0 Å². The molecule has 6 nitrogen and oxygen atoms in total. The summed E-state index contributed by atoms with van der Waals surface area (Å²) in [6, 6.07) is 16.5. The van der Waals surface area contributed by atoms with Crippen LogP contribution in [0.3, 0.4) is 0 Å². The summed E-state index contributed by atoms with van der Waals surface area (Å²) in [6.07, 6.45) is -3.01. The SMILES string of the molecule is O=c1oc2c(c(O)c1Sc1ccc(C(F)(F)F)cc1)c(=O)n(Cc1ccccc1)c1ncccc21. The van der Waals surface area contributed by atoms with Crippen molar-refractivity contribution in [2.24, 2.45) is 0 Å². The van der Waals surface area contributed by atoms with Crippen LogP contribution in [-0.4, -0.2) is 14.7 Å². The van der Waals surface area contributed by atoms with Gasteiger partial charge in [0.05, 0.1) is 17.5 Å². The van der Waals surface area contributed by atoms with E-state index >= 15 is 0 Å². The minimum atomic E-state index is -4.51. The Labute approximate surface area is 199 Å². The molecule has 3 aromatic heterocycles. The van der Waals surface area contributed by atoms with Gasteiger partial charge in [0.2, 0.25) is 0 Å². The third-order valence-electron chi connectivity index (χ3n) is 5.39.